The van der Waals surface area contributed by atoms with Gasteiger partial charge in [-0.1, -0.05) is 6.07 Å². The second-order valence-electron chi connectivity index (χ2n) is 5.44. The molecule has 0 bridgehead atoms. The van der Waals surface area contributed by atoms with Crippen molar-refractivity contribution in [3.8, 4) is 0 Å². The van der Waals surface area contributed by atoms with Gasteiger partial charge in [0.25, 0.3) is 5.91 Å². The summed E-state index contributed by atoms with van der Waals surface area (Å²) in [5.74, 6) is 0.264. The monoisotopic (exact) mass is 282 g/mol. The van der Waals surface area contributed by atoms with Crippen molar-refractivity contribution in [1.82, 2.24) is 19.9 Å². The maximum Gasteiger partial charge on any atom is 0.274 e. The zero-order chi connectivity index (χ0) is 14.7. The van der Waals surface area contributed by atoms with E-state index >= 15 is 0 Å². The fourth-order valence-corrected chi connectivity index (χ4v) is 2.70. The van der Waals surface area contributed by atoms with Crippen LogP contribution < -0.4 is 0 Å². The van der Waals surface area contributed by atoms with Crippen LogP contribution >= 0.6 is 0 Å². The van der Waals surface area contributed by atoms with E-state index < -0.39 is 0 Å². The number of hydrogen-bond donors (Lipinski definition) is 0. The van der Waals surface area contributed by atoms with Gasteiger partial charge >= 0.3 is 0 Å². The minimum absolute atomic E-state index is 0.0417. The molecule has 1 amide bonds. The largest absolute Gasteiger partial charge is 0.337 e. The van der Waals surface area contributed by atoms with E-state index in [1.807, 2.05) is 18.0 Å². The molecule has 108 valence electrons. The van der Waals surface area contributed by atoms with Crippen LogP contribution in [0.4, 0.5) is 0 Å². The van der Waals surface area contributed by atoms with Crippen LogP contribution in [0.2, 0.25) is 0 Å². The third kappa shape index (κ3) is 3.07. The Bertz CT molecular complexity index is 612. The van der Waals surface area contributed by atoms with Crippen LogP contribution in [0.25, 0.3) is 0 Å². The number of aryl methyl sites for hydroxylation is 1. The predicted molar refractivity (Wildman–Crippen MR) is 78.9 cm³/mol. The molecular formula is C16H18N4O. The number of amides is 1. The lowest BCUT2D eigenvalue weighted by Gasteiger charge is -2.32. The lowest BCUT2D eigenvalue weighted by molar-refractivity contribution is 0.0699. The molecule has 21 heavy (non-hydrogen) atoms. The molecule has 0 spiro atoms. The number of aromatic nitrogens is 3. The van der Waals surface area contributed by atoms with Gasteiger partial charge in [0.2, 0.25) is 0 Å². The van der Waals surface area contributed by atoms with E-state index in [0.717, 1.165) is 30.6 Å². The lowest BCUT2D eigenvalue weighted by Crippen LogP contribution is -2.39. The molecule has 2 aromatic heterocycles. The Balaban J connectivity index is 1.74. The Kier molecular flexibility index (Phi) is 3.90. The van der Waals surface area contributed by atoms with E-state index in [4.69, 9.17) is 0 Å². The van der Waals surface area contributed by atoms with Gasteiger partial charge in [0.1, 0.15) is 5.69 Å². The summed E-state index contributed by atoms with van der Waals surface area (Å²) in [7, 11) is 0. The molecule has 5 nitrogen and oxygen atoms in total. The first-order valence-corrected chi connectivity index (χ1v) is 7.22. The first-order valence-electron chi connectivity index (χ1n) is 7.22. The number of piperidine rings is 1. The van der Waals surface area contributed by atoms with Gasteiger partial charge in [0.05, 0.1) is 6.20 Å². The second kappa shape index (κ2) is 5.99. The number of carbonyl (C=O) groups excluding carboxylic acids is 1. The van der Waals surface area contributed by atoms with Crippen molar-refractivity contribution in [2.24, 2.45) is 0 Å². The normalized spacial score (nSPS) is 18.5. The average Bonchev–Trinajstić information content (AvgIpc) is 2.56. The van der Waals surface area contributed by atoms with Crippen molar-refractivity contribution in [2.75, 3.05) is 13.1 Å². The van der Waals surface area contributed by atoms with Gasteiger partial charge in [-0.2, -0.15) is 0 Å². The molecule has 5 heteroatoms. The van der Waals surface area contributed by atoms with Gasteiger partial charge in [0.15, 0.2) is 0 Å². The number of pyridine rings is 1. The molecule has 1 aliphatic rings. The van der Waals surface area contributed by atoms with E-state index in [9.17, 15) is 4.79 Å². The minimum atomic E-state index is -0.0417. The van der Waals surface area contributed by atoms with Crippen LogP contribution in [-0.2, 0) is 0 Å². The molecule has 0 radical (unpaired) electrons. The highest BCUT2D eigenvalue weighted by atomic mass is 16.2. The summed E-state index contributed by atoms with van der Waals surface area (Å²) >= 11 is 0. The third-order valence-corrected chi connectivity index (χ3v) is 3.84. The van der Waals surface area contributed by atoms with Crippen LogP contribution in [0.3, 0.4) is 0 Å². The van der Waals surface area contributed by atoms with Gasteiger partial charge < -0.3 is 4.90 Å². The van der Waals surface area contributed by atoms with Crippen LogP contribution in [0.15, 0.2) is 36.9 Å². The number of rotatable bonds is 2. The van der Waals surface area contributed by atoms with Crippen LogP contribution in [0.5, 0.6) is 0 Å². The number of likely N-dealkylation sites (tertiary alicyclic amines) is 1. The molecule has 1 aliphatic heterocycles. The van der Waals surface area contributed by atoms with Gasteiger partial charge in [-0.25, -0.2) is 4.98 Å². The van der Waals surface area contributed by atoms with E-state index in [-0.39, 0.29) is 5.91 Å². The molecule has 3 heterocycles. The quantitative estimate of drug-likeness (QED) is 0.847. The third-order valence-electron chi connectivity index (χ3n) is 3.84. The maximum absolute atomic E-state index is 12.4. The highest BCUT2D eigenvalue weighted by Crippen LogP contribution is 2.26. The molecule has 1 unspecified atom stereocenters. The van der Waals surface area contributed by atoms with Crippen LogP contribution in [-0.4, -0.2) is 38.8 Å². The Morgan fingerprint density at radius 1 is 1.24 bits per heavy atom. The van der Waals surface area contributed by atoms with Gasteiger partial charge in [-0.3, -0.25) is 14.8 Å². The minimum Gasteiger partial charge on any atom is -0.337 e. The Labute approximate surface area is 124 Å². The highest BCUT2D eigenvalue weighted by Gasteiger charge is 2.26. The molecular weight excluding hydrogens is 264 g/mol. The molecule has 1 fully saturated rings. The fraction of sp³-hybridized carbons (Fsp3) is 0.375. The van der Waals surface area contributed by atoms with Crippen molar-refractivity contribution >= 4 is 5.91 Å². The molecule has 0 saturated carbocycles. The smallest absolute Gasteiger partial charge is 0.274 e. The van der Waals surface area contributed by atoms with Crippen LogP contribution in [0, 0.1) is 6.92 Å². The number of nitrogens with zero attached hydrogens (tertiary/aromatic N) is 4. The summed E-state index contributed by atoms with van der Waals surface area (Å²) in [5.41, 5.74) is 2.63. The van der Waals surface area contributed by atoms with E-state index in [1.54, 1.807) is 12.4 Å². The number of carbonyl (C=O) groups is 1. The summed E-state index contributed by atoms with van der Waals surface area (Å²) in [5, 5.41) is 0. The van der Waals surface area contributed by atoms with E-state index in [2.05, 4.69) is 27.1 Å². The fourth-order valence-electron chi connectivity index (χ4n) is 2.70. The molecule has 2 aromatic rings. The van der Waals surface area contributed by atoms with Crippen molar-refractivity contribution in [3.05, 3.63) is 53.9 Å². The van der Waals surface area contributed by atoms with Gasteiger partial charge in [-0.15, -0.1) is 0 Å². The topological polar surface area (TPSA) is 59.0 Å². The zero-order valence-corrected chi connectivity index (χ0v) is 12.1. The Morgan fingerprint density at radius 2 is 2.14 bits per heavy atom. The van der Waals surface area contributed by atoms with Crippen molar-refractivity contribution in [2.45, 2.75) is 25.7 Å². The van der Waals surface area contributed by atoms with Gasteiger partial charge in [-0.05, 0) is 31.4 Å². The summed E-state index contributed by atoms with van der Waals surface area (Å²) < 4.78 is 0. The maximum atomic E-state index is 12.4. The summed E-state index contributed by atoms with van der Waals surface area (Å²) in [4.78, 5) is 26.9. The number of hydrogen-bond acceptors (Lipinski definition) is 4. The standard InChI is InChI=1S/C16H18N4O/c1-12-4-5-14(19-9-12)13-3-2-8-20(11-13)16(21)15-10-17-6-7-18-15/h4-7,9-10,13H,2-3,8,11H2,1H3. The van der Waals surface area contributed by atoms with E-state index in [0.29, 0.717) is 18.2 Å². The van der Waals surface area contributed by atoms with Crippen molar-refractivity contribution < 1.29 is 4.79 Å². The molecule has 0 N–H and O–H groups in total. The highest BCUT2D eigenvalue weighted by molar-refractivity contribution is 5.92. The SMILES string of the molecule is Cc1ccc(C2CCCN(C(=O)c3cnccn3)C2)nc1. The predicted octanol–water partition coefficient (Wildman–Crippen LogP) is 2.20. The first kappa shape index (κ1) is 13.7. The first-order chi connectivity index (χ1) is 10.2. The zero-order valence-electron chi connectivity index (χ0n) is 12.1. The molecule has 0 aliphatic carbocycles. The second-order valence-corrected chi connectivity index (χ2v) is 5.44. The summed E-state index contributed by atoms with van der Waals surface area (Å²) in [6, 6.07) is 4.14. The summed E-state index contributed by atoms with van der Waals surface area (Å²) in [6.45, 7) is 3.50. The molecule has 1 saturated heterocycles. The Morgan fingerprint density at radius 3 is 2.86 bits per heavy atom. The molecule has 1 atom stereocenters. The van der Waals surface area contributed by atoms with Gasteiger partial charge in [0, 0.05) is 43.3 Å². The van der Waals surface area contributed by atoms with Crippen LogP contribution in [0.1, 0.15) is 40.5 Å². The van der Waals surface area contributed by atoms with Crippen molar-refractivity contribution in [1.29, 1.82) is 0 Å². The Hall–Kier alpha value is -2.30. The average molecular weight is 282 g/mol. The van der Waals surface area contributed by atoms with E-state index in [1.165, 1.54) is 6.20 Å². The van der Waals surface area contributed by atoms with Crippen molar-refractivity contribution in [3.63, 3.8) is 0 Å². The summed E-state index contributed by atoms with van der Waals surface area (Å²) in [6.07, 6.45) is 8.60. The molecule has 0 aromatic carbocycles. The molecule has 3 rings (SSSR count). The lowest BCUT2D eigenvalue weighted by atomic mass is 9.94.